The van der Waals surface area contributed by atoms with Gasteiger partial charge in [-0.2, -0.15) is 5.10 Å². The van der Waals surface area contributed by atoms with E-state index in [4.69, 9.17) is 4.74 Å². The second-order valence-electron chi connectivity index (χ2n) is 9.22. The maximum Gasteiger partial charge on any atom is 0.250 e. The van der Waals surface area contributed by atoms with Gasteiger partial charge in [-0.05, 0) is 59.2 Å². The van der Waals surface area contributed by atoms with Crippen molar-refractivity contribution in [3.05, 3.63) is 76.0 Å². The summed E-state index contributed by atoms with van der Waals surface area (Å²) >= 11 is 2.89. The molecule has 1 amide bonds. The molecule has 0 atom stereocenters. The number of aromatic nitrogens is 3. The van der Waals surface area contributed by atoms with Crippen molar-refractivity contribution in [3.8, 4) is 22.8 Å². The summed E-state index contributed by atoms with van der Waals surface area (Å²) in [6.45, 7) is 8.57. The topological polar surface area (TPSA) is 81.4 Å². The molecule has 0 spiro atoms. The van der Waals surface area contributed by atoms with Crippen molar-refractivity contribution in [3.63, 3.8) is 0 Å². The van der Waals surface area contributed by atoms with Crippen molar-refractivity contribution in [2.45, 2.75) is 38.3 Å². The molecule has 0 unspecified atom stereocenters. The lowest BCUT2D eigenvalue weighted by atomic mass is 9.87. The largest absolute Gasteiger partial charge is 0.497 e. The number of hydrazone groups is 1. The molecule has 186 valence electrons. The maximum absolute atomic E-state index is 12.5. The van der Waals surface area contributed by atoms with E-state index < -0.39 is 0 Å². The monoisotopic (exact) mass is 519 g/mol. The van der Waals surface area contributed by atoms with Crippen molar-refractivity contribution in [1.82, 2.24) is 20.2 Å². The molecular weight excluding hydrogens is 490 g/mol. The van der Waals surface area contributed by atoms with Crippen LogP contribution >= 0.6 is 23.1 Å². The molecule has 0 radical (unpaired) electrons. The van der Waals surface area contributed by atoms with Crippen LogP contribution in [0.1, 0.15) is 36.8 Å². The van der Waals surface area contributed by atoms with Gasteiger partial charge in [0.15, 0.2) is 11.0 Å². The van der Waals surface area contributed by atoms with Crippen LogP contribution in [0.5, 0.6) is 5.75 Å². The summed E-state index contributed by atoms with van der Waals surface area (Å²) in [6.07, 6.45) is 1.67. The van der Waals surface area contributed by atoms with E-state index in [9.17, 15) is 4.79 Å². The number of thioether (sulfide) groups is 1. The maximum atomic E-state index is 12.5. The molecule has 2 aromatic heterocycles. The number of hydrogen-bond donors (Lipinski definition) is 1. The molecule has 0 saturated heterocycles. The summed E-state index contributed by atoms with van der Waals surface area (Å²) in [7, 11) is 1.64. The van der Waals surface area contributed by atoms with Gasteiger partial charge in [0.05, 0.1) is 19.1 Å². The average molecular weight is 520 g/mol. The predicted molar refractivity (Wildman–Crippen MR) is 148 cm³/mol. The zero-order valence-electron chi connectivity index (χ0n) is 21.0. The Balaban J connectivity index is 1.57. The number of nitrogens with one attached hydrogen (secondary N) is 1. The average Bonchev–Trinajstić information content (AvgIpc) is 3.48. The number of aryl methyl sites for hydroxylation is 1. The third-order valence-corrected chi connectivity index (χ3v) is 7.46. The fraction of sp³-hybridized carbons (Fsp3) is 0.259. The number of methoxy groups -OCH3 is 1. The van der Waals surface area contributed by atoms with Crippen LogP contribution in [0, 0.1) is 6.92 Å². The molecule has 0 aliphatic rings. The molecule has 4 aromatic rings. The summed E-state index contributed by atoms with van der Waals surface area (Å²) in [5.74, 6) is 1.40. The lowest BCUT2D eigenvalue weighted by Gasteiger charge is -2.19. The number of benzene rings is 2. The van der Waals surface area contributed by atoms with Crippen molar-refractivity contribution in [1.29, 1.82) is 0 Å². The van der Waals surface area contributed by atoms with E-state index in [-0.39, 0.29) is 17.1 Å². The smallest absolute Gasteiger partial charge is 0.250 e. The van der Waals surface area contributed by atoms with Crippen LogP contribution in [-0.2, 0) is 10.2 Å². The van der Waals surface area contributed by atoms with Crippen LogP contribution in [0.3, 0.4) is 0 Å². The first kappa shape index (κ1) is 25.7. The number of carbonyl (C=O) groups excluding carboxylic acids is 1. The molecule has 4 rings (SSSR count). The SMILES string of the molecule is COc1ccc(-n2c(SCC(=O)NN=Cc3sccc3C)nnc2-c2ccc(C(C)(C)C)cc2)cc1. The molecular formula is C27H29N5O2S2. The summed E-state index contributed by atoms with van der Waals surface area (Å²) in [4.78, 5) is 13.5. The Morgan fingerprint density at radius 2 is 1.83 bits per heavy atom. The minimum absolute atomic E-state index is 0.0568. The highest BCUT2D eigenvalue weighted by atomic mass is 32.2. The molecule has 9 heteroatoms. The number of ether oxygens (including phenoxy) is 1. The molecule has 0 saturated carbocycles. The molecule has 1 N–H and O–H groups in total. The first-order chi connectivity index (χ1) is 17.3. The Morgan fingerprint density at radius 3 is 2.44 bits per heavy atom. The van der Waals surface area contributed by atoms with E-state index in [2.05, 4.69) is 65.8 Å². The molecule has 2 heterocycles. The first-order valence-corrected chi connectivity index (χ1v) is 13.3. The van der Waals surface area contributed by atoms with E-state index in [1.807, 2.05) is 47.2 Å². The highest BCUT2D eigenvalue weighted by Crippen LogP contribution is 2.30. The van der Waals surface area contributed by atoms with E-state index in [1.165, 1.54) is 17.3 Å². The summed E-state index contributed by atoms with van der Waals surface area (Å²) in [5, 5.41) is 15.6. The van der Waals surface area contributed by atoms with Crippen LogP contribution < -0.4 is 10.2 Å². The minimum Gasteiger partial charge on any atom is -0.497 e. The lowest BCUT2D eigenvalue weighted by molar-refractivity contribution is -0.118. The number of thiophene rings is 1. The summed E-state index contributed by atoms with van der Waals surface area (Å²) in [5.41, 5.74) is 6.84. The van der Waals surface area contributed by atoms with Crippen molar-refractivity contribution in [2.75, 3.05) is 12.9 Å². The second-order valence-corrected chi connectivity index (χ2v) is 11.1. The Hall–Kier alpha value is -3.43. The van der Waals surface area contributed by atoms with Gasteiger partial charge in [0.25, 0.3) is 5.91 Å². The van der Waals surface area contributed by atoms with Gasteiger partial charge in [0.2, 0.25) is 0 Å². The standard InChI is InChI=1S/C27H29N5O2S2/c1-18-14-15-35-23(18)16-28-29-24(33)17-36-26-31-30-25(19-6-8-20(9-7-19)27(2,3)4)32(26)21-10-12-22(34-5)13-11-21/h6-16H,17H2,1-5H3,(H,29,33). The van der Waals surface area contributed by atoms with E-state index in [0.717, 1.165) is 27.4 Å². The van der Waals surface area contributed by atoms with Crippen LogP contribution in [-0.4, -0.2) is 39.7 Å². The molecule has 0 fully saturated rings. The van der Waals surface area contributed by atoms with E-state index in [0.29, 0.717) is 11.0 Å². The van der Waals surface area contributed by atoms with Crippen LogP contribution in [0.25, 0.3) is 17.1 Å². The van der Waals surface area contributed by atoms with Crippen molar-refractivity contribution < 1.29 is 9.53 Å². The van der Waals surface area contributed by atoms with E-state index >= 15 is 0 Å². The fourth-order valence-electron chi connectivity index (χ4n) is 3.48. The Morgan fingerprint density at radius 1 is 1.11 bits per heavy atom. The van der Waals surface area contributed by atoms with Crippen LogP contribution in [0.15, 0.2) is 70.2 Å². The molecule has 7 nitrogen and oxygen atoms in total. The summed E-state index contributed by atoms with van der Waals surface area (Å²) in [6, 6.07) is 18.1. The van der Waals surface area contributed by atoms with Crippen LogP contribution in [0.2, 0.25) is 0 Å². The molecule has 0 aliphatic carbocycles. The van der Waals surface area contributed by atoms with Gasteiger partial charge >= 0.3 is 0 Å². The normalized spacial score (nSPS) is 11.7. The van der Waals surface area contributed by atoms with Gasteiger partial charge in [-0.15, -0.1) is 21.5 Å². The third-order valence-electron chi connectivity index (χ3n) is 5.58. The van der Waals surface area contributed by atoms with Crippen molar-refractivity contribution >= 4 is 35.2 Å². The van der Waals surface area contributed by atoms with E-state index in [1.54, 1.807) is 24.7 Å². The predicted octanol–water partition coefficient (Wildman–Crippen LogP) is 5.85. The molecule has 0 bridgehead atoms. The van der Waals surface area contributed by atoms with Gasteiger partial charge in [-0.3, -0.25) is 9.36 Å². The lowest BCUT2D eigenvalue weighted by Crippen LogP contribution is -2.20. The second kappa shape index (κ2) is 11.1. The summed E-state index contributed by atoms with van der Waals surface area (Å²) < 4.78 is 7.28. The Labute approximate surface area is 219 Å². The van der Waals surface area contributed by atoms with Crippen LogP contribution in [0.4, 0.5) is 0 Å². The molecule has 0 aliphatic heterocycles. The quantitative estimate of drug-likeness (QED) is 0.179. The zero-order valence-corrected chi connectivity index (χ0v) is 22.6. The minimum atomic E-state index is -0.217. The van der Waals surface area contributed by atoms with Crippen molar-refractivity contribution in [2.24, 2.45) is 5.10 Å². The highest BCUT2D eigenvalue weighted by molar-refractivity contribution is 7.99. The number of rotatable bonds is 8. The number of nitrogens with zero attached hydrogens (tertiary/aromatic N) is 4. The molecule has 2 aromatic carbocycles. The fourth-order valence-corrected chi connectivity index (χ4v) is 5.01. The third kappa shape index (κ3) is 6.03. The Kier molecular flexibility index (Phi) is 7.91. The Bertz CT molecular complexity index is 1350. The first-order valence-electron chi connectivity index (χ1n) is 11.5. The van der Waals surface area contributed by atoms with Gasteiger partial charge in [-0.25, -0.2) is 5.43 Å². The number of carbonyl (C=O) groups is 1. The van der Waals surface area contributed by atoms with Gasteiger partial charge in [-0.1, -0.05) is 56.8 Å². The number of hydrogen-bond acceptors (Lipinski definition) is 7. The van der Waals surface area contributed by atoms with Gasteiger partial charge < -0.3 is 4.74 Å². The zero-order chi connectivity index (χ0) is 25.7. The molecule has 36 heavy (non-hydrogen) atoms. The van der Waals surface area contributed by atoms with Gasteiger partial charge in [0.1, 0.15) is 5.75 Å². The number of amides is 1. The highest BCUT2D eigenvalue weighted by Gasteiger charge is 2.19. The van der Waals surface area contributed by atoms with Gasteiger partial charge in [0, 0.05) is 16.1 Å².